The average Bonchev–Trinajstić information content (AvgIpc) is 2.45. The first kappa shape index (κ1) is 16.0. The summed E-state index contributed by atoms with van der Waals surface area (Å²) in [4.78, 5) is 12.4. The first-order valence-electron chi connectivity index (χ1n) is 7.09. The van der Waals surface area contributed by atoms with Crippen LogP contribution in [0.2, 0.25) is 0 Å². The van der Waals surface area contributed by atoms with Crippen molar-refractivity contribution in [1.82, 2.24) is 9.62 Å². The van der Waals surface area contributed by atoms with E-state index in [4.69, 9.17) is 0 Å². The molecular formula is C15H22N2O3S. The fourth-order valence-corrected chi connectivity index (χ4v) is 3.63. The Bertz CT molecular complexity index is 601. The van der Waals surface area contributed by atoms with Crippen LogP contribution in [-0.2, 0) is 21.4 Å². The van der Waals surface area contributed by atoms with Crippen LogP contribution in [0.3, 0.4) is 0 Å². The van der Waals surface area contributed by atoms with E-state index in [-0.39, 0.29) is 12.5 Å². The highest BCUT2D eigenvalue weighted by Crippen LogP contribution is 2.30. The van der Waals surface area contributed by atoms with Crippen LogP contribution in [0, 0.1) is 5.41 Å². The van der Waals surface area contributed by atoms with E-state index >= 15 is 0 Å². The Morgan fingerprint density at radius 1 is 1.33 bits per heavy atom. The Hall–Kier alpha value is -1.40. The zero-order chi connectivity index (χ0) is 15.5. The SMILES string of the molecule is CC1(C(=O)NCc2ccccc2)CCCN(S(C)(=O)=O)C1. The van der Waals surface area contributed by atoms with E-state index in [2.05, 4.69) is 5.32 Å². The number of amides is 1. The van der Waals surface area contributed by atoms with Crippen molar-refractivity contribution < 1.29 is 13.2 Å². The standard InChI is InChI=1S/C15H22N2O3S/c1-15(9-6-10-17(12-15)21(2,19)20)14(18)16-11-13-7-4-3-5-8-13/h3-5,7-8H,6,9-12H2,1-2H3,(H,16,18). The molecule has 1 aromatic rings. The molecule has 0 spiro atoms. The van der Waals surface area contributed by atoms with Crippen molar-refractivity contribution in [3.05, 3.63) is 35.9 Å². The normalized spacial score (nSPS) is 23.7. The second-order valence-electron chi connectivity index (χ2n) is 5.93. The summed E-state index contributed by atoms with van der Waals surface area (Å²) >= 11 is 0. The van der Waals surface area contributed by atoms with Gasteiger partial charge in [-0.15, -0.1) is 0 Å². The molecule has 0 radical (unpaired) electrons. The largest absolute Gasteiger partial charge is 0.352 e. The van der Waals surface area contributed by atoms with Gasteiger partial charge in [-0.25, -0.2) is 12.7 Å². The molecule has 1 aromatic carbocycles. The molecule has 5 nitrogen and oxygen atoms in total. The lowest BCUT2D eigenvalue weighted by Crippen LogP contribution is -2.51. The van der Waals surface area contributed by atoms with Crippen LogP contribution in [0.15, 0.2) is 30.3 Å². The summed E-state index contributed by atoms with van der Waals surface area (Å²) in [6, 6.07) is 9.68. The van der Waals surface area contributed by atoms with Crippen molar-refractivity contribution in [1.29, 1.82) is 0 Å². The molecule has 1 N–H and O–H groups in total. The van der Waals surface area contributed by atoms with Gasteiger partial charge in [0.1, 0.15) is 0 Å². The van der Waals surface area contributed by atoms with Crippen molar-refractivity contribution >= 4 is 15.9 Å². The monoisotopic (exact) mass is 310 g/mol. The average molecular weight is 310 g/mol. The molecular weight excluding hydrogens is 288 g/mol. The molecule has 0 saturated carbocycles. The summed E-state index contributed by atoms with van der Waals surface area (Å²) in [7, 11) is -3.24. The zero-order valence-electron chi connectivity index (χ0n) is 12.5. The number of sulfonamides is 1. The Morgan fingerprint density at radius 3 is 2.62 bits per heavy atom. The van der Waals surface area contributed by atoms with Gasteiger partial charge in [0, 0.05) is 19.6 Å². The molecule has 1 heterocycles. The highest BCUT2D eigenvalue weighted by molar-refractivity contribution is 7.88. The van der Waals surface area contributed by atoms with Crippen LogP contribution >= 0.6 is 0 Å². The maximum Gasteiger partial charge on any atom is 0.227 e. The Balaban J connectivity index is 2.00. The van der Waals surface area contributed by atoms with Crippen LogP contribution in [0.25, 0.3) is 0 Å². The molecule has 0 aromatic heterocycles. The van der Waals surface area contributed by atoms with Crippen LogP contribution in [-0.4, -0.2) is 38.0 Å². The fourth-order valence-electron chi connectivity index (χ4n) is 2.65. The lowest BCUT2D eigenvalue weighted by molar-refractivity contribution is -0.132. The predicted octanol–water partition coefficient (Wildman–Crippen LogP) is 1.36. The van der Waals surface area contributed by atoms with Gasteiger partial charge in [-0.3, -0.25) is 4.79 Å². The Morgan fingerprint density at radius 2 is 2.00 bits per heavy atom. The van der Waals surface area contributed by atoms with E-state index in [1.54, 1.807) is 0 Å². The molecule has 6 heteroatoms. The van der Waals surface area contributed by atoms with E-state index in [0.29, 0.717) is 25.9 Å². The van der Waals surface area contributed by atoms with E-state index in [1.807, 2.05) is 37.3 Å². The summed E-state index contributed by atoms with van der Waals surface area (Å²) in [6.45, 7) is 3.06. The van der Waals surface area contributed by atoms with Crippen molar-refractivity contribution in [3.8, 4) is 0 Å². The lowest BCUT2D eigenvalue weighted by Gasteiger charge is -2.38. The highest BCUT2D eigenvalue weighted by Gasteiger charge is 2.40. The minimum atomic E-state index is -3.24. The second kappa shape index (κ2) is 6.15. The van der Waals surface area contributed by atoms with Crippen molar-refractivity contribution in [2.24, 2.45) is 5.41 Å². The first-order chi connectivity index (χ1) is 9.81. The molecule has 2 rings (SSSR count). The van der Waals surface area contributed by atoms with Crippen LogP contribution in [0.5, 0.6) is 0 Å². The zero-order valence-corrected chi connectivity index (χ0v) is 13.3. The summed E-state index contributed by atoms with van der Waals surface area (Å²) in [6.07, 6.45) is 2.61. The number of hydrogen-bond acceptors (Lipinski definition) is 3. The summed E-state index contributed by atoms with van der Waals surface area (Å²) in [5, 5.41) is 2.92. The van der Waals surface area contributed by atoms with E-state index in [0.717, 1.165) is 5.56 Å². The number of hydrogen-bond donors (Lipinski definition) is 1. The molecule has 1 unspecified atom stereocenters. The number of benzene rings is 1. The van der Waals surface area contributed by atoms with Gasteiger partial charge in [0.2, 0.25) is 15.9 Å². The van der Waals surface area contributed by atoms with Gasteiger partial charge in [-0.1, -0.05) is 30.3 Å². The minimum absolute atomic E-state index is 0.0836. The molecule has 1 amide bonds. The van der Waals surface area contributed by atoms with E-state index in [9.17, 15) is 13.2 Å². The number of nitrogens with zero attached hydrogens (tertiary/aromatic N) is 1. The first-order valence-corrected chi connectivity index (χ1v) is 8.93. The summed E-state index contributed by atoms with van der Waals surface area (Å²) in [5.41, 5.74) is 0.376. The number of carbonyl (C=O) groups is 1. The third kappa shape index (κ3) is 4.04. The molecule has 1 aliphatic heterocycles. The van der Waals surface area contributed by atoms with Gasteiger partial charge in [0.05, 0.1) is 11.7 Å². The number of rotatable bonds is 4. The van der Waals surface area contributed by atoms with Gasteiger partial charge in [0.15, 0.2) is 0 Å². The molecule has 1 atom stereocenters. The van der Waals surface area contributed by atoms with Gasteiger partial charge in [0.25, 0.3) is 0 Å². The topological polar surface area (TPSA) is 66.5 Å². The third-order valence-electron chi connectivity index (χ3n) is 3.97. The van der Waals surface area contributed by atoms with Gasteiger partial charge in [-0.05, 0) is 25.3 Å². The van der Waals surface area contributed by atoms with Gasteiger partial charge < -0.3 is 5.32 Å². The van der Waals surface area contributed by atoms with E-state index in [1.165, 1.54) is 10.6 Å². The Labute approximate surface area is 126 Å². The molecule has 1 fully saturated rings. The summed E-state index contributed by atoms with van der Waals surface area (Å²) < 4.78 is 24.7. The maximum absolute atomic E-state index is 12.4. The van der Waals surface area contributed by atoms with Gasteiger partial charge in [-0.2, -0.15) is 0 Å². The maximum atomic E-state index is 12.4. The molecule has 21 heavy (non-hydrogen) atoms. The van der Waals surface area contributed by atoms with E-state index < -0.39 is 15.4 Å². The molecule has 1 saturated heterocycles. The molecule has 116 valence electrons. The predicted molar refractivity (Wildman–Crippen MR) is 82.0 cm³/mol. The third-order valence-corrected chi connectivity index (χ3v) is 5.22. The smallest absolute Gasteiger partial charge is 0.227 e. The van der Waals surface area contributed by atoms with Crippen molar-refractivity contribution in [3.63, 3.8) is 0 Å². The summed E-state index contributed by atoms with van der Waals surface area (Å²) in [5.74, 6) is -0.0836. The van der Waals surface area contributed by atoms with Crippen molar-refractivity contribution in [2.75, 3.05) is 19.3 Å². The van der Waals surface area contributed by atoms with Crippen LogP contribution < -0.4 is 5.32 Å². The van der Waals surface area contributed by atoms with Crippen molar-refractivity contribution in [2.45, 2.75) is 26.3 Å². The number of piperidine rings is 1. The molecule has 0 aliphatic carbocycles. The molecule has 0 bridgehead atoms. The lowest BCUT2D eigenvalue weighted by atomic mass is 9.82. The number of nitrogens with one attached hydrogen (secondary N) is 1. The highest BCUT2D eigenvalue weighted by atomic mass is 32.2. The van der Waals surface area contributed by atoms with Crippen LogP contribution in [0.4, 0.5) is 0 Å². The second-order valence-corrected chi connectivity index (χ2v) is 7.91. The fraction of sp³-hybridized carbons (Fsp3) is 0.533. The van der Waals surface area contributed by atoms with Gasteiger partial charge >= 0.3 is 0 Å². The number of carbonyl (C=O) groups excluding carboxylic acids is 1. The minimum Gasteiger partial charge on any atom is -0.352 e. The Kier molecular flexibility index (Phi) is 4.68. The van der Waals surface area contributed by atoms with Crippen LogP contribution in [0.1, 0.15) is 25.3 Å². The molecule has 1 aliphatic rings. The quantitative estimate of drug-likeness (QED) is 0.913.